The molecule has 0 aliphatic heterocycles. The Morgan fingerprint density at radius 1 is 1.36 bits per heavy atom. The highest BCUT2D eigenvalue weighted by Gasteiger charge is 2.24. The minimum absolute atomic E-state index is 0.141. The lowest BCUT2D eigenvalue weighted by Crippen LogP contribution is -2.43. The summed E-state index contributed by atoms with van der Waals surface area (Å²) in [5, 5.41) is 8.91. The topological polar surface area (TPSA) is 92.0 Å². The first kappa shape index (κ1) is 15.7. The van der Waals surface area contributed by atoms with Gasteiger partial charge in [-0.3, -0.25) is 18.8 Å². The van der Waals surface area contributed by atoms with Crippen molar-refractivity contribution in [1.82, 2.24) is 14.3 Å². The van der Waals surface area contributed by atoms with Crippen LogP contribution in [0.5, 0.6) is 0 Å². The van der Waals surface area contributed by atoms with Gasteiger partial charge in [0.2, 0.25) is 0 Å². The van der Waals surface area contributed by atoms with E-state index in [9.17, 15) is 14.4 Å². The molecule has 0 bridgehead atoms. The molecule has 7 nitrogen and oxygen atoms in total. The fourth-order valence-corrected chi connectivity index (χ4v) is 2.12. The second kappa shape index (κ2) is 5.97. The molecule has 2 aromatic heterocycles. The van der Waals surface area contributed by atoms with Gasteiger partial charge >= 0.3 is 5.97 Å². The van der Waals surface area contributed by atoms with Gasteiger partial charge in [0.05, 0.1) is 0 Å². The highest BCUT2D eigenvalue weighted by atomic mass is 16.4. The monoisotopic (exact) mass is 303 g/mol. The number of hydrogen-bond acceptors (Lipinski definition) is 4. The quantitative estimate of drug-likeness (QED) is 0.907. The van der Waals surface area contributed by atoms with E-state index in [0.29, 0.717) is 5.65 Å². The van der Waals surface area contributed by atoms with E-state index in [1.54, 1.807) is 26.1 Å². The molecule has 116 valence electrons. The Labute approximate surface area is 126 Å². The van der Waals surface area contributed by atoms with E-state index in [0.717, 1.165) is 10.5 Å². The Kier molecular flexibility index (Phi) is 4.25. The van der Waals surface area contributed by atoms with Crippen molar-refractivity contribution in [3.05, 3.63) is 46.0 Å². The van der Waals surface area contributed by atoms with E-state index < -0.39 is 24.0 Å². The summed E-state index contributed by atoms with van der Waals surface area (Å²) in [5.41, 5.74) is 0.640. The summed E-state index contributed by atoms with van der Waals surface area (Å²) in [6.45, 7) is 4.74. The van der Waals surface area contributed by atoms with Gasteiger partial charge in [0.1, 0.15) is 17.8 Å². The molecule has 0 aliphatic rings. The first-order valence-corrected chi connectivity index (χ1v) is 6.82. The average molecular weight is 303 g/mol. The third kappa shape index (κ3) is 2.98. The maximum atomic E-state index is 12.5. The highest BCUT2D eigenvalue weighted by Crippen LogP contribution is 2.07. The number of pyridine rings is 1. The van der Waals surface area contributed by atoms with Crippen molar-refractivity contribution >= 4 is 17.5 Å². The van der Waals surface area contributed by atoms with Gasteiger partial charge in [0, 0.05) is 18.4 Å². The van der Waals surface area contributed by atoms with Crippen molar-refractivity contribution in [2.24, 2.45) is 0 Å². The van der Waals surface area contributed by atoms with Gasteiger partial charge in [-0.1, -0.05) is 6.07 Å². The third-order valence-electron chi connectivity index (χ3n) is 3.27. The van der Waals surface area contributed by atoms with E-state index in [-0.39, 0.29) is 11.6 Å². The zero-order valence-electron chi connectivity index (χ0n) is 12.6. The fraction of sp³-hybridized carbons (Fsp3) is 0.333. The van der Waals surface area contributed by atoms with Gasteiger partial charge in [-0.15, -0.1) is 0 Å². The predicted octanol–water partition coefficient (Wildman–Crippen LogP) is 0.938. The van der Waals surface area contributed by atoms with Gasteiger partial charge in [-0.2, -0.15) is 0 Å². The number of hydrogen-bond donors (Lipinski definition) is 1. The van der Waals surface area contributed by atoms with Crippen molar-refractivity contribution in [3.63, 3.8) is 0 Å². The molecular formula is C15H17N3O4. The van der Waals surface area contributed by atoms with E-state index in [1.807, 2.05) is 13.0 Å². The summed E-state index contributed by atoms with van der Waals surface area (Å²) in [4.78, 5) is 41.1. The van der Waals surface area contributed by atoms with Gasteiger partial charge < -0.3 is 10.0 Å². The second-order valence-corrected chi connectivity index (χ2v) is 5.33. The molecule has 1 amide bonds. The van der Waals surface area contributed by atoms with Crippen LogP contribution in [0.1, 0.15) is 29.8 Å². The van der Waals surface area contributed by atoms with Crippen LogP contribution in [0.3, 0.4) is 0 Å². The molecule has 0 aromatic carbocycles. The number of carbonyl (C=O) groups excluding carboxylic acids is 1. The molecule has 0 unspecified atom stereocenters. The van der Waals surface area contributed by atoms with Crippen LogP contribution < -0.4 is 5.56 Å². The van der Waals surface area contributed by atoms with Crippen molar-refractivity contribution < 1.29 is 14.7 Å². The van der Waals surface area contributed by atoms with Crippen molar-refractivity contribution in [1.29, 1.82) is 0 Å². The van der Waals surface area contributed by atoms with Crippen LogP contribution in [-0.2, 0) is 4.79 Å². The molecule has 7 heteroatoms. The largest absolute Gasteiger partial charge is 0.480 e. The predicted molar refractivity (Wildman–Crippen MR) is 80.0 cm³/mol. The highest BCUT2D eigenvalue weighted by molar-refractivity contribution is 5.95. The van der Waals surface area contributed by atoms with Gasteiger partial charge in [0.25, 0.3) is 11.5 Å². The SMILES string of the molecule is Cc1ccc2ncc(C(=O)N(CC(=O)O)C(C)C)c(=O)n2c1. The summed E-state index contributed by atoms with van der Waals surface area (Å²) >= 11 is 0. The maximum absolute atomic E-state index is 12.5. The van der Waals surface area contributed by atoms with E-state index in [4.69, 9.17) is 5.11 Å². The molecular weight excluding hydrogens is 286 g/mol. The number of fused-ring (bicyclic) bond motifs is 1. The van der Waals surface area contributed by atoms with Crippen LogP contribution in [0.15, 0.2) is 29.3 Å². The lowest BCUT2D eigenvalue weighted by Gasteiger charge is -2.24. The molecule has 22 heavy (non-hydrogen) atoms. The van der Waals surface area contributed by atoms with E-state index >= 15 is 0 Å². The molecule has 2 aromatic rings. The Balaban J connectivity index is 2.53. The number of carboxylic acid groups (broad SMARTS) is 1. The lowest BCUT2D eigenvalue weighted by molar-refractivity contribution is -0.138. The Morgan fingerprint density at radius 3 is 2.64 bits per heavy atom. The molecule has 0 saturated carbocycles. The van der Waals surface area contributed by atoms with Crippen LogP contribution in [0.25, 0.3) is 5.65 Å². The molecule has 0 spiro atoms. The van der Waals surface area contributed by atoms with Gasteiger partial charge in [-0.25, -0.2) is 4.98 Å². The molecule has 0 atom stereocenters. The van der Waals surface area contributed by atoms with Crippen LogP contribution in [0.4, 0.5) is 0 Å². The summed E-state index contributed by atoms with van der Waals surface area (Å²) in [6, 6.07) is 3.15. The van der Waals surface area contributed by atoms with E-state index in [2.05, 4.69) is 4.98 Å². The first-order valence-electron chi connectivity index (χ1n) is 6.82. The number of nitrogens with zero attached hydrogens (tertiary/aromatic N) is 3. The zero-order valence-corrected chi connectivity index (χ0v) is 12.6. The minimum Gasteiger partial charge on any atom is -0.480 e. The summed E-state index contributed by atoms with van der Waals surface area (Å²) in [7, 11) is 0. The summed E-state index contributed by atoms with van der Waals surface area (Å²) in [6.07, 6.45) is 2.80. The zero-order chi connectivity index (χ0) is 16.4. The molecule has 0 aliphatic carbocycles. The van der Waals surface area contributed by atoms with Gasteiger partial charge in [-0.05, 0) is 32.4 Å². The normalized spacial score (nSPS) is 10.9. The van der Waals surface area contributed by atoms with Crippen LogP contribution in [-0.4, -0.2) is 43.9 Å². The van der Waals surface area contributed by atoms with Crippen molar-refractivity contribution in [2.45, 2.75) is 26.8 Å². The smallest absolute Gasteiger partial charge is 0.323 e. The average Bonchev–Trinajstić information content (AvgIpc) is 2.44. The Hall–Kier alpha value is -2.70. The van der Waals surface area contributed by atoms with Crippen LogP contribution in [0, 0.1) is 6.92 Å². The molecule has 2 heterocycles. The first-order chi connectivity index (χ1) is 10.3. The lowest BCUT2D eigenvalue weighted by atomic mass is 10.2. The molecule has 0 fully saturated rings. The maximum Gasteiger partial charge on any atom is 0.323 e. The number of carboxylic acids is 1. The molecule has 2 rings (SSSR count). The number of carbonyl (C=O) groups is 2. The van der Waals surface area contributed by atoms with Crippen LogP contribution >= 0.6 is 0 Å². The molecule has 0 radical (unpaired) electrons. The number of aromatic nitrogens is 2. The Morgan fingerprint density at radius 2 is 2.05 bits per heavy atom. The number of aliphatic carboxylic acids is 1. The van der Waals surface area contributed by atoms with Gasteiger partial charge in [0.15, 0.2) is 0 Å². The summed E-state index contributed by atoms with van der Waals surface area (Å²) in [5.74, 6) is -1.77. The third-order valence-corrected chi connectivity index (χ3v) is 3.27. The number of rotatable bonds is 4. The van der Waals surface area contributed by atoms with Crippen molar-refractivity contribution in [2.75, 3.05) is 6.54 Å². The standard InChI is InChI=1S/C15H17N3O4/c1-9(2)17(8-13(19)20)14(21)11-6-16-12-5-4-10(3)7-18(12)15(11)22/h4-7,9H,8H2,1-3H3,(H,19,20). The molecule has 0 saturated heterocycles. The molecule has 1 N–H and O–H groups in total. The number of amides is 1. The number of aryl methyl sites for hydroxylation is 1. The van der Waals surface area contributed by atoms with Crippen molar-refractivity contribution in [3.8, 4) is 0 Å². The Bertz CT molecular complexity index is 795. The second-order valence-electron chi connectivity index (χ2n) is 5.33. The van der Waals surface area contributed by atoms with E-state index in [1.165, 1.54) is 10.6 Å². The fourth-order valence-electron chi connectivity index (χ4n) is 2.12. The minimum atomic E-state index is -1.13. The van der Waals surface area contributed by atoms with Crippen LogP contribution in [0.2, 0.25) is 0 Å². The summed E-state index contributed by atoms with van der Waals surface area (Å²) < 4.78 is 1.29.